The standard InChI is InChI=1S/C29H39N3O6/c1-19(2)25(30)27(34)32-26(20(3)4)28(35)31-23(29(36)38-18-22-13-9-6-10-14-22)15-16-24(33)37-17-21-11-7-5-8-12-21/h5-14,19-20,23,25-26H,15-18,30H2,1-4H3,(H,31,35)(H,32,34)/t23-,25-,26-/m0/s1. The average molecular weight is 526 g/mol. The van der Waals surface area contributed by atoms with Crippen molar-refractivity contribution in [3.8, 4) is 0 Å². The molecule has 0 fully saturated rings. The largest absolute Gasteiger partial charge is 0.461 e. The number of hydrogen-bond acceptors (Lipinski definition) is 7. The smallest absolute Gasteiger partial charge is 0.328 e. The SMILES string of the molecule is CC(C)[C@H](N)C(=O)N[C@H](C(=O)N[C@@H](CCC(=O)OCc1ccccc1)C(=O)OCc1ccccc1)C(C)C. The number of carbonyl (C=O) groups excluding carboxylic acids is 4. The van der Waals surface area contributed by atoms with E-state index in [9.17, 15) is 19.2 Å². The van der Waals surface area contributed by atoms with Crippen LogP contribution < -0.4 is 16.4 Å². The van der Waals surface area contributed by atoms with E-state index in [1.54, 1.807) is 13.8 Å². The number of ether oxygens (including phenoxy) is 2. The quantitative estimate of drug-likeness (QED) is 0.323. The van der Waals surface area contributed by atoms with Gasteiger partial charge in [0.25, 0.3) is 0 Å². The fourth-order valence-corrected chi connectivity index (χ4v) is 3.50. The van der Waals surface area contributed by atoms with Gasteiger partial charge < -0.3 is 25.8 Å². The maximum absolute atomic E-state index is 13.2. The van der Waals surface area contributed by atoms with Gasteiger partial charge in [-0.2, -0.15) is 0 Å². The molecule has 0 bridgehead atoms. The monoisotopic (exact) mass is 525 g/mol. The number of nitrogens with one attached hydrogen (secondary N) is 2. The van der Waals surface area contributed by atoms with Gasteiger partial charge in [0.05, 0.1) is 6.04 Å². The minimum Gasteiger partial charge on any atom is -0.461 e. The zero-order valence-electron chi connectivity index (χ0n) is 22.5. The van der Waals surface area contributed by atoms with Crippen LogP contribution in [0.3, 0.4) is 0 Å². The fraction of sp³-hybridized carbons (Fsp3) is 0.448. The second-order valence-corrected chi connectivity index (χ2v) is 9.84. The van der Waals surface area contributed by atoms with Crippen LogP contribution >= 0.6 is 0 Å². The molecule has 0 saturated heterocycles. The first kappa shape index (κ1) is 30.5. The van der Waals surface area contributed by atoms with Crippen LogP contribution in [-0.2, 0) is 41.9 Å². The average Bonchev–Trinajstić information content (AvgIpc) is 2.91. The summed E-state index contributed by atoms with van der Waals surface area (Å²) in [5.41, 5.74) is 7.55. The Kier molecular flexibility index (Phi) is 12.5. The minimum absolute atomic E-state index is 0.0120. The highest BCUT2D eigenvalue weighted by molar-refractivity contribution is 5.92. The second kappa shape index (κ2) is 15.5. The van der Waals surface area contributed by atoms with E-state index in [1.807, 2.05) is 74.5 Å². The molecule has 4 N–H and O–H groups in total. The Morgan fingerprint density at radius 1 is 0.737 bits per heavy atom. The van der Waals surface area contributed by atoms with Crippen LogP contribution in [0, 0.1) is 11.8 Å². The number of benzene rings is 2. The molecule has 0 aliphatic heterocycles. The van der Waals surface area contributed by atoms with E-state index in [-0.39, 0.29) is 37.9 Å². The zero-order chi connectivity index (χ0) is 28.1. The summed E-state index contributed by atoms with van der Waals surface area (Å²) < 4.78 is 10.7. The van der Waals surface area contributed by atoms with Gasteiger partial charge in [-0.05, 0) is 29.4 Å². The van der Waals surface area contributed by atoms with E-state index >= 15 is 0 Å². The summed E-state index contributed by atoms with van der Waals surface area (Å²) in [7, 11) is 0. The summed E-state index contributed by atoms with van der Waals surface area (Å²) in [6.45, 7) is 7.28. The predicted octanol–water partition coefficient (Wildman–Crippen LogP) is 2.86. The Morgan fingerprint density at radius 3 is 1.76 bits per heavy atom. The molecule has 2 amide bonds. The molecule has 2 aromatic carbocycles. The van der Waals surface area contributed by atoms with Crippen molar-refractivity contribution in [1.29, 1.82) is 0 Å². The van der Waals surface area contributed by atoms with Gasteiger partial charge >= 0.3 is 11.9 Å². The van der Waals surface area contributed by atoms with Crippen LogP contribution in [0.5, 0.6) is 0 Å². The lowest BCUT2D eigenvalue weighted by molar-refractivity contribution is -0.151. The number of rotatable bonds is 14. The van der Waals surface area contributed by atoms with Crippen molar-refractivity contribution in [2.24, 2.45) is 17.6 Å². The van der Waals surface area contributed by atoms with Gasteiger partial charge in [0.15, 0.2) is 0 Å². The summed E-state index contributed by atoms with van der Waals surface area (Å²) in [6.07, 6.45) is -0.146. The van der Waals surface area contributed by atoms with Crippen molar-refractivity contribution < 1.29 is 28.7 Å². The third-order valence-electron chi connectivity index (χ3n) is 5.97. The van der Waals surface area contributed by atoms with Gasteiger partial charge in [-0.1, -0.05) is 88.4 Å². The topological polar surface area (TPSA) is 137 Å². The first-order valence-electron chi connectivity index (χ1n) is 12.8. The molecule has 2 rings (SSSR count). The van der Waals surface area contributed by atoms with Gasteiger partial charge in [0.2, 0.25) is 11.8 Å². The maximum Gasteiger partial charge on any atom is 0.328 e. The Hall–Kier alpha value is -3.72. The third-order valence-corrected chi connectivity index (χ3v) is 5.97. The van der Waals surface area contributed by atoms with Crippen molar-refractivity contribution in [2.45, 2.75) is 71.9 Å². The van der Waals surface area contributed by atoms with Crippen molar-refractivity contribution >= 4 is 23.8 Å². The van der Waals surface area contributed by atoms with E-state index in [4.69, 9.17) is 15.2 Å². The molecule has 0 radical (unpaired) electrons. The normalized spacial score (nSPS) is 13.3. The predicted molar refractivity (Wildman–Crippen MR) is 143 cm³/mol. The Balaban J connectivity index is 2.06. The second-order valence-electron chi connectivity index (χ2n) is 9.84. The van der Waals surface area contributed by atoms with Crippen LogP contribution in [0.1, 0.15) is 51.7 Å². The lowest BCUT2D eigenvalue weighted by Gasteiger charge is -2.26. The van der Waals surface area contributed by atoms with E-state index in [0.29, 0.717) is 0 Å². The summed E-state index contributed by atoms with van der Waals surface area (Å²) in [5, 5.41) is 5.34. The van der Waals surface area contributed by atoms with Crippen LogP contribution in [0.2, 0.25) is 0 Å². The van der Waals surface area contributed by atoms with Crippen LogP contribution in [0.15, 0.2) is 60.7 Å². The van der Waals surface area contributed by atoms with Crippen LogP contribution in [0.25, 0.3) is 0 Å². The number of esters is 2. The van der Waals surface area contributed by atoms with Crippen LogP contribution in [-0.4, -0.2) is 41.9 Å². The minimum atomic E-state index is -1.12. The van der Waals surface area contributed by atoms with Crippen molar-refractivity contribution in [1.82, 2.24) is 10.6 Å². The third kappa shape index (κ3) is 10.3. The molecule has 3 atom stereocenters. The molecule has 0 heterocycles. The van der Waals surface area contributed by atoms with E-state index < -0.39 is 41.9 Å². The molecule has 0 saturated carbocycles. The number of nitrogens with two attached hydrogens (primary N) is 1. The lowest BCUT2D eigenvalue weighted by Crippen LogP contribution is -2.57. The molecule has 0 aliphatic carbocycles. The molecule has 38 heavy (non-hydrogen) atoms. The van der Waals surface area contributed by atoms with Crippen molar-refractivity contribution in [3.05, 3.63) is 71.8 Å². The fourth-order valence-electron chi connectivity index (χ4n) is 3.50. The van der Waals surface area contributed by atoms with Gasteiger partial charge in [-0.25, -0.2) is 4.79 Å². The first-order chi connectivity index (χ1) is 18.1. The van der Waals surface area contributed by atoms with E-state index in [1.165, 1.54) is 0 Å². The highest BCUT2D eigenvalue weighted by atomic mass is 16.5. The first-order valence-corrected chi connectivity index (χ1v) is 12.8. The van der Waals surface area contributed by atoms with Gasteiger partial charge in [0.1, 0.15) is 25.3 Å². The summed E-state index contributed by atoms with van der Waals surface area (Å²) in [5.74, 6) is -2.62. The number of amides is 2. The number of hydrogen-bond donors (Lipinski definition) is 3. The Labute approximate surface area is 224 Å². The molecule has 0 aliphatic rings. The summed E-state index contributed by atoms with van der Waals surface area (Å²) in [4.78, 5) is 51.0. The molecule has 206 valence electrons. The zero-order valence-corrected chi connectivity index (χ0v) is 22.5. The summed E-state index contributed by atoms with van der Waals surface area (Å²) in [6, 6.07) is 15.5. The van der Waals surface area contributed by atoms with E-state index in [2.05, 4.69) is 10.6 Å². The lowest BCUT2D eigenvalue weighted by atomic mass is 9.99. The van der Waals surface area contributed by atoms with Crippen LogP contribution in [0.4, 0.5) is 0 Å². The molecule has 9 nitrogen and oxygen atoms in total. The molecule has 0 spiro atoms. The Bertz CT molecular complexity index is 1040. The molecule has 0 unspecified atom stereocenters. The highest BCUT2D eigenvalue weighted by Gasteiger charge is 2.31. The van der Waals surface area contributed by atoms with Gasteiger partial charge in [0, 0.05) is 6.42 Å². The number of carbonyl (C=O) groups is 4. The molecule has 2 aromatic rings. The molecular weight excluding hydrogens is 486 g/mol. The van der Waals surface area contributed by atoms with Crippen molar-refractivity contribution in [2.75, 3.05) is 0 Å². The summed E-state index contributed by atoms with van der Waals surface area (Å²) >= 11 is 0. The Morgan fingerprint density at radius 2 is 1.26 bits per heavy atom. The van der Waals surface area contributed by atoms with Crippen molar-refractivity contribution in [3.63, 3.8) is 0 Å². The van der Waals surface area contributed by atoms with E-state index in [0.717, 1.165) is 11.1 Å². The molecular formula is C29H39N3O6. The highest BCUT2D eigenvalue weighted by Crippen LogP contribution is 2.10. The maximum atomic E-state index is 13.2. The van der Waals surface area contributed by atoms with Gasteiger partial charge in [-0.15, -0.1) is 0 Å². The molecule has 9 heteroatoms. The molecule has 0 aromatic heterocycles. The van der Waals surface area contributed by atoms with Gasteiger partial charge in [-0.3, -0.25) is 14.4 Å².